The number of carbonyl (C=O) groups excluding carboxylic acids is 1. The van der Waals surface area contributed by atoms with Crippen LogP contribution in [0, 0.1) is 5.92 Å². The normalized spacial score (nSPS) is 19.8. The minimum atomic E-state index is -4.32. The first-order chi connectivity index (χ1) is 9.25. The van der Waals surface area contributed by atoms with Crippen LogP contribution < -0.4 is 0 Å². The molecule has 1 rings (SSSR count). The lowest BCUT2D eigenvalue weighted by molar-refractivity contribution is -0.184. The first-order valence-corrected chi connectivity index (χ1v) is 6.58. The van der Waals surface area contributed by atoms with Crippen LogP contribution in [0.1, 0.15) is 26.2 Å². The third-order valence-corrected chi connectivity index (χ3v) is 3.24. The van der Waals surface area contributed by atoms with Crippen molar-refractivity contribution < 1.29 is 27.9 Å². The van der Waals surface area contributed by atoms with Gasteiger partial charge in [-0.3, -0.25) is 4.79 Å². The fourth-order valence-electron chi connectivity index (χ4n) is 2.29. The molecule has 1 unspecified atom stereocenters. The lowest BCUT2D eigenvalue weighted by Crippen LogP contribution is -2.51. The molecule has 116 valence electrons. The van der Waals surface area contributed by atoms with E-state index in [4.69, 9.17) is 5.11 Å². The Labute approximate surface area is 115 Å². The van der Waals surface area contributed by atoms with E-state index in [1.165, 1.54) is 0 Å². The molecule has 0 aromatic carbocycles. The number of aliphatic carboxylic acids is 1. The van der Waals surface area contributed by atoms with Crippen LogP contribution in [0.3, 0.4) is 0 Å². The first-order valence-electron chi connectivity index (χ1n) is 6.58. The van der Waals surface area contributed by atoms with Gasteiger partial charge in [0.25, 0.3) is 0 Å². The van der Waals surface area contributed by atoms with Crippen molar-refractivity contribution in [1.29, 1.82) is 0 Å². The minimum Gasteiger partial charge on any atom is -0.480 e. The summed E-state index contributed by atoms with van der Waals surface area (Å²) in [6.07, 6.45) is -3.47. The van der Waals surface area contributed by atoms with Gasteiger partial charge in [-0.05, 0) is 19.3 Å². The number of carbonyl (C=O) groups is 2. The van der Waals surface area contributed by atoms with Crippen LogP contribution in [0.5, 0.6) is 0 Å². The molecule has 5 nitrogen and oxygen atoms in total. The van der Waals surface area contributed by atoms with Gasteiger partial charge in [0.05, 0.1) is 5.92 Å². The Morgan fingerprint density at radius 1 is 1.40 bits per heavy atom. The molecule has 0 bridgehead atoms. The highest BCUT2D eigenvalue weighted by Crippen LogP contribution is 2.33. The molecule has 1 atom stereocenters. The zero-order chi connectivity index (χ0) is 15.3. The molecule has 20 heavy (non-hydrogen) atoms. The Hall–Kier alpha value is -1.47. The topological polar surface area (TPSA) is 60.9 Å². The highest BCUT2D eigenvalue weighted by atomic mass is 19.4. The van der Waals surface area contributed by atoms with Crippen molar-refractivity contribution >= 4 is 12.0 Å². The maximum absolute atomic E-state index is 12.7. The third-order valence-electron chi connectivity index (χ3n) is 3.24. The number of alkyl halides is 3. The molecule has 0 aliphatic carbocycles. The summed E-state index contributed by atoms with van der Waals surface area (Å²) < 4.78 is 38.1. The zero-order valence-electron chi connectivity index (χ0n) is 11.3. The number of carboxylic acid groups (broad SMARTS) is 1. The van der Waals surface area contributed by atoms with Gasteiger partial charge in [0.1, 0.15) is 6.54 Å². The summed E-state index contributed by atoms with van der Waals surface area (Å²) in [5.41, 5.74) is 0. The van der Waals surface area contributed by atoms with Crippen molar-refractivity contribution in [3.8, 4) is 0 Å². The van der Waals surface area contributed by atoms with E-state index in [0.29, 0.717) is 6.42 Å². The predicted molar refractivity (Wildman–Crippen MR) is 65.2 cm³/mol. The molecule has 2 amide bonds. The van der Waals surface area contributed by atoms with Crippen LogP contribution in [-0.4, -0.2) is 59.3 Å². The average molecular weight is 296 g/mol. The van der Waals surface area contributed by atoms with E-state index in [-0.39, 0.29) is 32.5 Å². The van der Waals surface area contributed by atoms with Crippen LogP contribution in [0.2, 0.25) is 0 Å². The molecule has 0 aromatic heterocycles. The van der Waals surface area contributed by atoms with Crippen molar-refractivity contribution in [1.82, 2.24) is 9.80 Å². The quantitative estimate of drug-likeness (QED) is 0.865. The molecule has 1 saturated heterocycles. The molecule has 1 aliphatic rings. The SMILES string of the molecule is CCCN(CC(=O)O)C(=O)N1CCCC(C(F)(F)F)C1. The maximum atomic E-state index is 12.7. The van der Waals surface area contributed by atoms with Gasteiger partial charge in [-0.2, -0.15) is 13.2 Å². The summed E-state index contributed by atoms with van der Waals surface area (Å²) in [5.74, 6) is -2.69. The summed E-state index contributed by atoms with van der Waals surface area (Å²) in [6, 6.07) is -0.622. The van der Waals surface area contributed by atoms with Crippen LogP contribution in [0.4, 0.5) is 18.0 Å². The van der Waals surface area contributed by atoms with Gasteiger partial charge in [-0.25, -0.2) is 4.79 Å². The van der Waals surface area contributed by atoms with Gasteiger partial charge in [-0.15, -0.1) is 0 Å². The van der Waals surface area contributed by atoms with Crippen molar-refractivity contribution in [3.05, 3.63) is 0 Å². The van der Waals surface area contributed by atoms with E-state index >= 15 is 0 Å². The molecule has 1 N–H and O–H groups in total. The van der Waals surface area contributed by atoms with E-state index in [2.05, 4.69) is 0 Å². The molecular formula is C12H19F3N2O3. The van der Waals surface area contributed by atoms with Gasteiger partial charge >= 0.3 is 18.2 Å². The lowest BCUT2D eigenvalue weighted by Gasteiger charge is -2.36. The summed E-state index contributed by atoms with van der Waals surface area (Å²) in [7, 11) is 0. The largest absolute Gasteiger partial charge is 0.480 e. The second-order valence-electron chi connectivity index (χ2n) is 4.92. The molecule has 0 spiro atoms. The molecule has 1 fully saturated rings. The minimum absolute atomic E-state index is 0.0139. The summed E-state index contributed by atoms with van der Waals surface area (Å²) in [6.45, 7) is 1.36. The molecule has 8 heteroatoms. The maximum Gasteiger partial charge on any atom is 0.393 e. The predicted octanol–water partition coefficient (Wildman–Crippen LogP) is 2.18. The van der Waals surface area contributed by atoms with Gasteiger partial charge in [0.15, 0.2) is 0 Å². The number of hydrogen-bond donors (Lipinski definition) is 1. The summed E-state index contributed by atoms with van der Waals surface area (Å²) >= 11 is 0. The van der Waals surface area contributed by atoms with Gasteiger partial charge in [-0.1, -0.05) is 6.92 Å². The lowest BCUT2D eigenvalue weighted by atomic mass is 9.98. The average Bonchev–Trinajstić information content (AvgIpc) is 2.36. The van der Waals surface area contributed by atoms with Crippen LogP contribution in [0.15, 0.2) is 0 Å². The molecule has 0 aromatic rings. The Morgan fingerprint density at radius 2 is 2.05 bits per heavy atom. The summed E-state index contributed by atoms with van der Waals surface area (Å²) in [5, 5.41) is 8.75. The smallest absolute Gasteiger partial charge is 0.393 e. The number of piperidine rings is 1. The molecular weight excluding hydrogens is 277 g/mol. The first kappa shape index (κ1) is 16.6. The van der Waals surface area contributed by atoms with Crippen LogP contribution in [-0.2, 0) is 4.79 Å². The van der Waals surface area contributed by atoms with Gasteiger partial charge < -0.3 is 14.9 Å². The van der Waals surface area contributed by atoms with E-state index < -0.39 is 30.6 Å². The number of likely N-dealkylation sites (tertiary alicyclic amines) is 1. The number of urea groups is 1. The second kappa shape index (κ2) is 6.81. The second-order valence-corrected chi connectivity index (χ2v) is 4.92. The molecule has 1 aliphatic heterocycles. The van der Waals surface area contributed by atoms with Crippen LogP contribution >= 0.6 is 0 Å². The Kier molecular flexibility index (Phi) is 5.64. The Morgan fingerprint density at radius 3 is 2.55 bits per heavy atom. The molecule has 0 saturated carbocycles. The Balaban J connectivity index is 2.70. The number of halogens is 3. The van der Waals surface area contributed by atoms with E-state index in [9.17, 15) is 22.8 Å². The van der Waals surface area contributed by atoms with Crippen molar-refractivity contribution in [3.63, 3.8) is 0 Å². The number of hydrogen-bond acceptors (Lipinski definition) is 2. The molecule has 1 heterocycles. The number of carboxylic acids is 1. The van der Waals surface area contributed by atoms with Crippen molar-refractivity contribution in [2.24, 2.45) is 5.92 Å². The van der Waals surface area contributed by atoms with Gasteiger partial charge in [0.2, 0.25) is 0 Å². The molecule has 0 radical (unpaired) electrons. The van der Waals surface area contributed by atoms with Crippen molar-refractivity contribution in [2.45, 2.75) is 32.4 Å². The summed E-state index contributed by atoms with van der Waals surface area (Å²) in [4.78, 5) is 25.0. The third kappa shape index (κ3) is 4.57. The highest BCUT2D eigenvalue weighted by Gasteiger charge is 2.43. The monoisotopic (exact) mass is 296 g/mol. The van der Waals surface area contributed by atoms with Crippen molar-refractivity contribution in [2.75, 3.05) is 26.2 Å². The fourth-order valence-corrected chi connectivity index (χ4v) is 2.29. The zero-order valence-corrected chi connectivity index (χ0v) is 11.3. The fraction of sp³-hybridized carbons (Fsp3) is 0.833. The number of nitrogens with zero attached hydrogens (tertiary/aromatic N) is 2. The number of rotatable bonds is 4. The number of amides is 2. The highest BCUT2D eigenvalue weighted by molar-refractivity contribution is 5.80. The Bertz CT molecular complexity index is 360. The van der Waals surface area contributed by atoms with Crippen LogP contribution in [0.25, 0.3) is 0 Å². The van der Waals surface area contributed by atoms with E-state index in [0.717, 1.165) is 9.80 Å². The standard InChI is InChI=1S/C12H19F3N2O3/c1-2-5-16(8-10(18)19)11(20)17-6-3-4-9(7-17)12(13,14)15/h9H,2-8H2,1H3,(H,18,19). The van der Waals surface area contributed by atoms with E-state index in [1.807, 2.05) is 0 Å². The van der Waals surface area contributed by atoms with E-state index in [1.54, 1.807) is 6.92 Å². The van der Waals surface area contributed by atoms with Gasteiger partial charge in [0, 0.05) is 19.6 Å².